The second-order valence-corrected chi connectivity index (χ2v) is 7.90. The number of anilines is 2. The molecule has 12 heteroatoms. The monoisotopic (exact) mass is 482 g/mol. The molecular weight excluding hydrogens is 467 g/mol. The van der Waals surface area contributed by atoms with Crippen molar-refractivity contribution in [1.29, 1.82) is 0 Å². The Morgan fingerprint density at radius 2 is 1.77 bits per heavy atom. The highest BCUT2D eigenvalue weighted by Crippen LogP contribution is 2.30. The predicted molar refractivity (Wildman–Crippen MR) is 122 cm³/mol. The molecule has 0 spiro atoms. The molecule has 1 fully saturated rings. The van der Waals surface area contributed by atoms with Crippen LogP contribution in [0.5, 0.6) is 0 Å². The van der Waals surface area contributed by atoms with Crippen LogP contribution in [0, 0.1) is 10.1 Å². The summed E-state index contributed by atoms with van der Waals surface area (Å²) in [5.41, 5.74) is 0.388. The van der Waals surface area contributed by atoms with Gasteiger partial charge in [-0.2, -0.15) is 0 Å². The Kier molecular flexibility index (Phi) is 6.94. The third-order valence-corrected chi connectivity index (χ3v) is 5.47. The number of non-ortho nitro benzene ring substituents is 1. The fraction of sp³-hybridized carbons (Fsp3) is 0.211. The minimum absolute atomic E-state index is 0.0511. The Bertz CT molecular complexity index is 1090. The summed E-state index contributed by atoms with van der Waals surface area (Å²) >= 11 is 17.1. The summed E-state index contributed by atoms with van der Waals surface area (Å²) in [6.45, 7) is 1.47. The van der Waals surface area contributed by atoms with Crippen molar-refractivity contribution in [2.24, 2.45) is 0 Å². The van der Waals surface area contributed by atoms with Crippen LogP contribution in [0.3, 0.4) is 0 Å². The molecule has 1 amide bonds. The average Bonchev–Trinajstić information content (AvgIpc) is 3.23. The van der Waals surface area contributed by atoms with Gasteiger partial charge >= 0.3 is 5.97 Å². The van der Waals surface area contributed by atoms with E-state index in [-0.39, 0.29) is 37.7 Å². The second-order valence-electron chi connectivity index (χ2n) is 6.68. The fourth-order valence-corrected chi connectivity index (χ4v) is 3.90. The lowest BCUT2D eigenvalue weighted by Crippen LogP contribution is -2.35. The van der Waals surface area contributed by atoms with Gasteiger partial charge in [0, 0.05) is 25.2 Å². The second kappa shape index (κ2) is 9.46. The number of nitro groups is 1. The van der Waals surface area contributed by atoms with Gasteiger partial charge in [0.2, 0.25) is 0 Å². The summed E-state index contributed by atoms with van der Waals surface area (Å²) in [6.07, 6.45) is 1.91. The molecule has 2 aromatic rings. The molecule has 0 aromatic heterocycles. The van der Waals surface area contributed by atoms with Crippen LogP contribution in [0.4, 0.5) is 17.1 Å². The van der Waals surface area contributed by atoms with Crippen LogP contribution in [0.2, 0.25) is 10.0 Å². The van der Waals surface area contributed by atoms with Crippen LogP contribution in [-0.4, -0.2) is 40.1 Å². The Hall–Kier alpha value is -2.95. The van der Waals surface area contributed by atoms with Gasteiger partial charge in [-0.1, -0.05) is 23.2 Å². The number of rotatable bonds is 5. The van der Waals surface area contributed by atoms with Gasteiger partial charge in [0.05, 0.1) is 37.5 Å². The van der Waals surface area contributed by atoms with Crippen molar-refractivity contribution < 1.29 is 19.6 Å². The van der Waals surface area contributed by atoms with Gasteiger partial charge < -0.3 is 15.3 Å². The smallest absolute Gasteiger partial charge is 0.337 e. The molecule has 3 rings (SSSR count). The quantitative estimate of drug-likeness (QED) is 0.326. The maximum atomic E-state index is 12.9. The Labute approximate surface area is 192 Å². The lowest BCUT2D eigenvalue weighted by atomic mass is 10.1. The number of halogens is 2. The molecule has 2 aromatic carbocycles. The maximum Gasteiger partial charge on any atom is 0.337 e. The molecule has 0 atom stereocenters. The number of nitrogens with one attached hydrogen (secondary N) is 2. The van der Waals surface area contributed by atoms with Gasteiger partial charge in [-0.15, -0.1) is 0 Å². The molecular formula is C19H16Cl2N4O5S. The Morgan fingerprint density at radius 1 is 1.10 bits per heavy atom. The van der Waals surface area contributed by atoms with Crippen LogP contribution >= 0.6 is 35.4 Å². The van der Waals surface area contributed by atoms with Crippen LogP contribution < -0.4 is 15.5 Å². The maximum absolute atomic E-state index is 12.9. The lowest BCUT2D eigenvalue weighted by molar-refractivity contribution is -0.384. The highest BCUT2D eigenvalue weighted by Gasteiger charge is 2.23. The zero-order chi connectivity index (χ0) is 22.7. The molecule has 0 bridgehead atoms. The van der Waals surface area contributed by atoms with Gasteiger partial charge in [0.1, 0.15) is 0 Å². The van der Waals surface area contributed by atoms with E-state index in [1.54, 1.807) is 6.07 Å². The first kappa shape index (κ1) is 22.7. The van der Waals surface area contributed by atoms with Crippen LogP contribution in [0.15, 0.2) is 30.3 Å². The van der Waals surface area contributed by atoms with Gasteiger partial charge in [-0.25, -0.2) is 4.79 Å². The first-order chi connectivity index (χ1) is 14.7. The first-order valence-electron chi connectivity index (χ1n) is 9.05. The van der Waals surface area contributed by atoms with E-state index in [1.807, 2.05) is 4.90 Å². The van der Waals surface area contributed by atoms with Gasteiger partial charge in [0.25, 0.3) is 11.6 Å². The van der Waals surface area contributed by atoms with Gasteiger partial charge in [0.15, 0.2) is 5.11 Å². The predicted octanol–water partition coefficient (Wildman–Crippen LogP) is 4.33. The summed E-state index contributed by atoms with van der Waals surface area (Å²) in [7, 11) is 0. The number of nitrogens with zero attached hydrogens (tertiary/aromatic N) is 2. The number of carbonyl (C=O) groups is 2. The fourth-order valence-electron chi connectivity index (χ4n) is 3.19. The molecule has 1 aliphatic heterocycles. The van der Waals surface area contributed by atoms with E-state index in [1.165, 1.54) is 24.3 Å². The number of carboxylic acid groups (broad SMARTS) is 1. The summed E-state index contributed by atoms with van der Waals surface area (Å²) in [6, 6.07) is 6.52. The average molecular weight is 483 g/mol. The standard InChI is InChI=1S/C19H16Cl2N4O5S/c20-13-9-14(21)15(8-11(13)18(27)28)22-19(31)23-17(26)12-7-10(25(29)30)3-4-16(12)24-5-1-2-6-24/h3-4,7-9H,1-2,5-6H2,(H,27,28)(H2,22,23,26,31). The Balaban J connectivity index is 1.83. The third-order valence-electron chi connectivity index (χ3n) is 4.64. The summed E-state index contributed by atoms with van der Waals surface area (Å²) in [5, 5.41) is 25.4. The van der Waals surface area contributed by atoms with E-state index in [0.29, 0.717) is 5.69 Å². The van der Waals surface area contributed by atoms with E-state index in [2.05, 4.69) is 10.6 Å². The molecule has 1 aliphatic rings. The van der Waals surface area contributed by atoms with Crippen LogP contribution in [0.25, 0.3) is 0 Å². The van der Waals surface area contributed by atoms with E-state index in [4.69, 9.17) is 35.4 Å². The van der Waals surface area contributed by atoms with Crippen molar-refractivity contribution in [1.82, 2.24) is 5.32 Å². The molecule has 0 aliphatic carbocycles. The van der Waals surface area contributed by atoms with Crippen molar-refractivity contribution >= 4 is 69.5 Å². The van der Waals surface area contributed by atoms with Crippen molar-refractivity contribution in [2.45, 2.75) is 12.8 Å². The van der Waals surface area contributed by atoms with Crippen LogP contribution in [-0.2, 0) is 0 Å². The SMILES string of the molecule is O=C(O)c1cc(NC(=S)NC(=O)c2cc([N+](=O)[O-])ccc2N2CCCC2)c(Cl)cc1Cl. The van der Waals surface area contributed by atoms with Crippen molar-refractivity contribution in [2.75, 3.05) is 23.3 Å². The largest absolute Gasteiger partial charge is 0.478 e. The van der Waals surface area contributed by atoms with Crippen LogP contribution in [0.1, 0.15) is 33.6 Å². The molecule has 31 heavy (non-hydrogen) atoms. The van der Waals surface area contributed by atoms with Gasteiger partial charge in [-0.3, -0.25) is 20.2 Å². The van der Waals surface area contributed by atoms with E-state index in [9.17, 15) is 24.8 Å². The minimum atomic E-state index is -1.26. The summed E-state index contributed by atoms with van der Waals surface area (Å²) < 4.78 is 0. The number of carbonyl (C=O) groups excluding carboxylic acids is 1. The number of carboxylic acids is 1. The van der Waals surface area contributed by atoms with Crippen molar-refractivity contribution in [3.63, 3.8) is 0 Å². The summed E-state index contributed by atoms with van der Waals surface area (Å²) in [5.74, 6) is -1.90. The molecule has 9 nitrogen and oxygen atoms in total. The molecule has 3 N–H and O–H groups in total. The van der Waals surface area contributed by atoms with E-state index >= 15 is 0 Å². The Morgan fingerprint density at radius 3 is 2.39 bits per heavy atom. The number of thiocarbonyl (C=S) groups is 1. The molecule has 1 heterocycles. The molecule has 0 radical (unpaired) electrons. The minimum Gasteiger partial charge on any atom is -0.478 e. The number of amides is 1. The molecule has 0 saturated carbocycles. The lowest BCUT2D eigenvalue weighted by Gasteiger charge is -2.21. The molecule has 0 unspecified atom stereocenters. The number of nitro benzene ring substituents is 1. The zero-order valence-electron chi connectivity index (χ0n) is 15.9. The summed E-state index contributed by atoms with van der Waals surface area (Å²) in [4.78, 5) is 36.7. The zero-order valence-corrected chi connectivity index (χ0v) is 18.2. The number of hydrogen-bond acceptors (Lipinski definition) is 6. The van der Waals surface area contributed by atoms with Gasteiger partial charge in [-0.05, 0) is 43.3 Å². The van der Waals surface area contributed by atoms with Crippen molar-refractivity contribution in [3.8, 4) is 0 Å². The number of hydrogen-bond donors (Lipinski definition) is 3. The first-order valence-corrected chi connectivity index (χ1v) is 10.2. The third kappa shape index (κ3) is 5.22. The highest BCUT2D eigenvalue weighted by molar-refractivity contribution is 7.80. The topological polar surface area (TPSA) is 125 Å². The molecule has 162 valence electrons. The normalized spacial score (nSPS) is 13.0. The number of aromatic carboxylic acids is 1. The molecule has 1 saturated heterocycles. The van der Waals surface area contributed by atoms with E-state index < -0.39 is 16.8 Å². The van der Waals surface area contributed by atoms with E-state index in [0.717, 1.165) is 25.9 Å². The number of benzene rings is 2. The highest BCUT2D eigenvalue weighted by atomic mass is 35.5. The van der Waals surface area contributed by atoms with Crippen molar-refractivity contribution in [3.05, 3.63) is 61.6 Å².